The van der Waals surface area contributed by atoms with E-state index in [0.29, 0.717) is 13.1 Å². The Balaban J connectivity index is 1.69. The SMILES string of the molecule is O=C(Cc1cccc(F)c1F)N1CCC[C@H](c2ccncn2)C1. The molecule has 4 nitrogen and oxygen atoms in total. The maximum absolute atomic E-state index is 13.7. The molecule has 3 rings (SSSR count). The van der Waals surface area contributed by atoms with E-state index in [1.54, 1.807) is 11.1 Å². The number of nitrogens with zero attached hydrogens (tertiary/aromatic N) is 3. The summed E-state index contributed by atoms with van der Waals surface area (Å²) >= 11 is 0. The first-order valence-electron chi connectivity index (χ1n) is 7.61. The number of amides is 1. The highest BCUT2D eigenvalue weighted by molar-refractivity contribution is 5.79. The summed E-state index contributed by atoms with van der Waals surface area (Å²) in [5.74, 6) is -1.89. The average molecular weight is 317 g/mol. The second kappa shape index (κ2) is 6.81. The molecule has 120 valence electrons. The van der Waals surface area contributed by atoms with Gasteiger partial charge in [-0.05, 0) is 25.0 Å². The molecule has 1 saturated heterocycles. The number of halogens is 2. The average Bonchev–Trinajstić information content (AvgIpc) is 2.60. The van der Waals surface area contributed by atoms with E-state index in [-0.39, 0.29) is 23.8 Å². The van der Waals surface area contributed by atoms with Crippen LogP contribution in [0, 0.1) is 11.6 Å². The Labute approximate surface area is 133 Å². The van der Waals surface area contributed by atoms with Crippen LogP contribution < -0.4 is 0 Å². The van der Waals surface area contributed by atoms with Gasteiger partial charge in [-0.3, -0.25) is 4.79 Å². The Bertz CT molecular complexity index is 693. The van der Waals surface area contributed by atoms with Gasteiger partial charge in [-0.25, -0.2) is 18.7 Å². The van der Waals surface area contributed by atoms with Crippen LogP contribution in [0.3, 0.4) is 0 Å². The maximum Gasteiger partial charge on any atom is 0.227 e. The lowest BCUT2D eigenvalue weighted by Gasteiger charge is -2.32. The number of hydrogen-bond acceptors (Lipinski definition) is 3. The lowest BCUT2D eigenvalue weighted by molar-refractivity contribution is -0.131. The summed E-state index contributed by atoms with van der Waals surface area (Å²) in [7, 11) is 0. The van der Waals surface area contributed by atoms with Crippen molar-refractivity contribution in [3.8, 4) is 0 Å². The molecule has 1 aromatic heterocycles. The van der Waals surface area contributed by atoms with Gasteiger partial charge >= 0.3 is 0 Å². The van der Waals surface area contributed by atoms with Crippen molar-refractivity contribution in [3.63, 3.8) is 0 Å². The highest BCUT2D eigenvalue weighted by Crippen LogP contribution is 2.25. The molecule has 6 heteroatoms. The highest BCUT2D eigenvalue weighted by Gasteiger charge is 2.26. The summed E-state index contributed by atoms with van der Waals surface area (Å²) in [5.41, 5.74) is 1.01. The summed E-state index contributed by atoms with van der Waals surface area (Å²) < 4.78 is 26.9. The number of rotatable bonds is 3. The quantitative estimate of drug-likeness (QED) is 0.874. The largest absolute Gasteiger partial charge is 0.342 e. The van der Waals surface area contributed by atoms with Gasteiger partial charge in [0, 0.05) is 36.5 Å². The lowest BCUT2D eigenvalue weighted by Crippen LogP contribution is -2.40. The smallest absolute Gasteiger partial charge is 0.227 e. The molecule has 0 bridgehead atoms. The van der Waals surface area contributed by atoms with Gasteiger partial charge in [-0.1, -0.05) is 12.1 Å². The zero-order valence-electron chi connectivity index (χ0n) is 12.6. The van der Waals surface area contributed by atoms with Crippen LogP contribution >= 0.6 is 0 Å². The van der Waals surface area contributed by atoms with E-state index in [1.807, 2.05) is 6.07 Å². The van der Waals surface area contributed by atoms with Crippen molar-refractivity contribution in [2.45, 2.75) is 25.2 Å². The van der Waals surface area contributed by atoms with Crippen LogP contribution in [-0.2, 0) is 11.2 Å². The molecule has 1 atom stereocenters. The molecule has 0 N–H and O–H groups in total. The summed E-state index contributed by atoms with van der Waals surface area (Å²) in [5, 5.41) is 0. The molecule has 2 heterocycles. The van der Waals surface area contributed by atoms with Crippen molar-refractivity contribution < 1.29 is 13.6 Å². The van der Waals surface area contributed by atoms with Gasteiger partial charge in [0.1, 0.15) is 6.33 Å². The number of carbonyl (C=O) groups is 1. The Morgan fingerprint density at radius 3 is 2.96 bits per heavy atom. The summed E-state index contributed by atoms with van der Waals surface area (Å²) in [6, 6.07) is 5.77. The topological polar surface area (TPSA) is 46.1 Å². The summed E-state index contributed by atoms with van der Waals surface area (Å²) in [6.45, 7) is 1.18. The fourth-order valence-corrected chi connectivity index (χ4v) is 2.95. The second-order valence-corrected chi connectivity index (χ2v) is 5.70. The molecule has 1 fully saturated rings. The molecular formula is C17H17F2N3O. The van der Waals surface area contributed by atoms with Gasteiger partial charge in [0.15, 0.2) is 11.6 Å². The molecule has 0 radical (unpaired) electrons. The van der Waals surface area contributed by atoms with Gasteiger partial charge in [0.2, 0.25) is 5.91 Å². The van der Waals surface area contributed by atoms with Crippen molar-refractivity contribution in [3.05, 3.63) is 59.7 Å². The van der Waals surface area contributed by atoms with Crippen LogP contribution in [0.4, 0.5) is 8.78 Å². The summed E-state index contributed by atoms with van der Waals surface area (Å²) in [6.07, 6.45) is 4.88. The van der Waals surface area contributed by atoms with Crippen molar-refractivity contribution in [2.24, 2.45) is 0 Å². The minimum absolute atomic E-state index is 0.0964. The van der Waals surface area contributed by atoms with Gasteiger partial charge in [0.05, 0.1) is 6.42 Å². The molecule has 0 saturated carbocycles. The molecule has 1 aliphatic heterocycles. The Kier molecular flexibility index (Phi) is 4.60. The monoisotopic (exact) mass is 317 g/mol. The molecule has 1 amide bonds. The zero-order valence-corrected chi connectivity index (χ0v) is 12.6. The first kappa shape index (κ1) is 15.5. The molecule has 2 aromatic rings. The number of carbonyl (C=O) groups excluding carboxylic acids is 1. The van der Waals surface area contributed by atoms with Gasteiger partial charge in [-0.2, -0.15) is 0 Å². The van der Waals surface area contributed by atoms with Gasteiger partial charge < -0.3 is 4.90 Å². The van der Waals surface area contributed by atoms with E-state index >= 15 is 0 Å². The Morgan fingerprint density at radius 1 is 1.30 bits per heavy atom. The normalized spacial score (nSPS) is 18.0. The van der Waals surface area contributed by atoms with E-state index in [4.69, 9.17) is 0 Å². The van der Waals surface area contributed by atoms with Crippen molar-refractivity contribution in [1.29, 1.82) is 0 Å². The van der Waals surface area contributed by atoms with Crippen molar-refractivity contribution in [1.82, 2.24) is 14.9 Å². The van der Waals surface area contributed by atoms with E-state index in [0.717, 1.165) is 24.6 Å². The first-order valence-corrected chi connectivity index (χ1v) is 7.61. The van der Waals surface area contributed by atoms with Crippen LogP contribution in [0.1, 0.15) is 30.0 Å². The molecule has 0 aliphatic carbocycles. The Morgan fingerprint density at radius 2 is 2.17 bits per heavy atom. The first-order chi connectivity index (χ1) is 11.1. The zero-order chi connectivity index (χ0) is 16.2. The highest BCUT2D eigenvalue weighted by atomic mass is 19.2. The van der Waals surface area contributed by atoms with Crippen LogP contribution in [0.25, 0.3) is 0 Å². The second-order valence-electron chi connectivity index (χ2n) is 5.70. The van der Waals surface area contributed by atoms with Gasteiger partial charge in [0.25, 0.3) is 0 Å². The van der Waals surface area contributed by atoms with Crippen molar-refractivity contribution in [2.75, 3.05) is 13.1 Å². The van der Waals surface area contributed by atoms with E-state index < -0.39 is 11.6 Å². The van der Waals surface area contributed by atoms with E-state index in [9.17, 15) is 13.6 Å². The van der Waals surface area contributed by atoms with Crippen LogP contribution in [-0.4, -0.2) is 33.9 Å². The predicted octanol–water partition coefficient (Wildman–Crippen LogP) is 2.70. The predicted molar refractivity (Wildman–Crippen MR) is 80.6 cm³/mol. The minimum atomic E-state index is -0.940. The summed E-state index contributed by atoms with van der Waals surface area (Å²) in [4.78, 5) is 22.3. The molecule has 1 aromatic carbocycles. The third-order valence-corrected chi connectivity index (χ3v) is 4.17. The number of aromatic nitrogens is 2. The number of hydrogen-bond donors (Lipinski definition) is 0. The standard InChI is InChI=1S/C17H17F2N3O/c18-14-5-1-3-12(17(14)19)9-16(23)22-8-2-4-13(10-22)15-6-7-20-11-21-15/h1,3,5-7,11,13H,2,4,8-10H2/t13-/m0/s1. The maximum atomic E-state index is 13.7. The fraction of sp³-hybridized carbons (Fsp3) is 0.353. The molecule has 23 heavy (non-hydrogen) atoms. The van der Waals surface area contributed by atoms with Crippen LogP contribution in [0.5, 0.6) is 0 Å². The number of likely N-dealkylation sites (tertiary alicyclic amines) is 1. The van der Waals surface area contributed by atoms with E-state index in [2.05, 4.69) is 9.97 Å². The third-order valence-electron chi connectivity index (χ3n) is 4.17. The molecule has 1 aliphatic rings. The molecule has 0 spiro atoms. The Hall–Kier alpha value is -2.37. The minimum Gasteiger partial charge on any atom is -0.342 e. The number of piperidine rings is 1. The fourth-order valence-electron chi connectivity index (χ4n) is 2.95. The third kappa shape index (κ3) is 3.52. The molecular weight excluding hydrogens is 300 g/mol. The van der Waals surface area contributed by atoms with E-state index in [1.165, 1.54) is 18.5 Å². The van der Waals surface area contributed by atoms with Crippen LogP contribution in [0.15, 0.2) is 36.8 Å². The molecule has 0 unspecified atom stereocenters. The number of benzene rings is 1. The lowest BCUT2D eigenvalue weighted by atomic mass is 9.94. The van der Waals surface area contributed by atoms with Gasteiger partial charge in [-0.15, -0.1) is 0 Å². The van der Waals surface area contributed by atoms with Crippen molar-refractivity contribution >= 4 is 5.91 Å². The van der Waals surface area contributed by atoms with Crippen LogP contribution in [0.2, 0.25) is 0 Å².